The normalized spacial score (nSPS) is 11.5. The van der Waals surface area contributed by atoms with Crippen molar-refractivity contribution in [3.63, 3.8) is 0 Å². The lowest BCUT2D eigenvalue weighted by Crippen LogP contribution is -2.31. The largest absolute Gasteiger partial charge is 0.381 e. The third-order valence-corrected chi connectivity index (χ3v) is 4.80. The van der Waals surface area contributed by atoms with Crippen LogP contribution >= 0.6 is 0 Å². The molecule has 0 fully saturated rings. The molecule has 0 saturated heterocycles. The van der Waals surface area contributed by atoms with E-state index in [2.05, 4.69) is 10.1 Å². The van der Waals surface area contributed by atoms with Crippen LogP contribution in [0.1, 0.15) is 13.8 Å². The van der Waals surface area contributed by atoms with Crippen LogP contribution in [0, 0.1) is 0 Å². The number of nitrogen functional groups attached to an aromatic ring is 1. The summed E-state index contributed by atoms with van der Waals surface area (Å²) in [6, 6.07) is 3.28. The molecule has 0 saturated carbocycles. The first-order valence-electron chi connectivity index (χ1n) is 6.26. The molecule has 2 heterocycles. The third kappa shape index (κ3) is 2.46. The molecule has 2 aromatic heterocycles. The van der Waals surface area contributed by atoms with Gasteiger partial charge < -0.3 is 5.73 Å². The van der Waals surface area contributed by atoms with Crippen molar-refractivity contribution in [2.24, 2.45) is 0 Å². The van der Waals surface area contributed by atoms with Gasteiger partial charge in [0.15, 0.2) is 5.82 Å². The topological polar surface area (TPSA) is 94.1 Å². The number of rotatable bonds is 5. The van der Waals surface area contributed by atoms with Crippen molar-refractivity contribution in [2.75, 3.05) is 16.6 Å². The van der Waals surface area contributed by atoms with Gasteiger partial charge in [0.05, 0.1) is 5.69 Å². The number of sulfonamides is 1. The van der Waals surface area contributed by atoms with Crippen LogP contribution in [0.3, 0.4) is 0 Å². The molecule has 0 aliphatic rings. The fourth-order valence-electron chi connectivity index (χ4n) is 1.90. The van der Waals surface area contributed by atoms with Gasteiger partial charge in [-0.15, -0.1) is 0 Å². The predicted molar refractivity (Wildman–Crippen MR) is 76.8 cm³/mol. The van der Waals surface area contributed by atoms with Crippen LogP contribution in [0.4, 0.5) is 11.5 Å². The Hall–Kier alpha value is -2.09. The lowest BCUT2D eigenvalue weighted by molar-refractivity contribution is 0.591. The van der Waals surface area contributed by atoms with Gasteiger partial charge in [-0.3, -0.25) is 14.0 Å². The number of pyridine rings is 1. The fraction of sp³-hybridized carbons (Fsp3) is 0.333. The van der Waals surface area contributed by atoms with Crippen LogP contribution in [-0.2, 0) is 16.6 Å². The van der Waals surface area contributed by atoms with E-state index in [1.54, 1.807) is 31.5 Å². The molecule has 20 heavy (non-hydrogen) atoms. The van der Waals surface area contributed by atoms with Crippen LogP contribution in [0.25, 0.3) is 0 Å². The Morgan fingerprint density at radius 1 is 1.30 bits per heavy atom. The van der Waals surface area contributed by atoms with E-state index >= 15 is 0 Å². The van der Waals surface area contributed by atoms with Gasteiger partial charge in [-0.25, -0.2) is 8.42 Å². The van der Waals surface area contributed by atoms with Gasteiger partial charge in [-0.1, -0.05) is 0 Å². The quantitative estimate of drug-likeness (QED) is 0.891. The lowest BCUT2D eigenvalue weighted by Gasteiger charge is -2.21. The molecule has 0 bridgehead atoms. The van der Waals surface area contributed by atoms with Crippen molar-refractivity contribution >= 4 is 21.5 Å². The van der Waals surface area contributed by atoms with Crippen LogP contribution in [-0.4, -0.2) is 29.7 Å². The Bertz CT molecular complexity index is 681. The van der Waals surface area contributed by atoms with Gasteiger partial charge in [0.2, 0.25) is 0 Å². The van der Waals surface area contributed by atoms with Crippen LogP contribution in [0.2, 0.25) is 0 Å². The molecule has 0 aliphatic carbocycles. The first-order chi connectivity index (χ1) is 9.50. The first kappa shape index (κ1) is 14.3. The molecule has 0 atom stereocenters. The Labute approximate surface area is 118 Å². The van der Waals surface area contributed by atoms with Crippen molar-refractivity contribution in [1.82, 2.24) is 14.8 Å². The maximum absolute atomic E-state index is 12.7. The molecule has 7 nitrogen and oxygen atoms in total. The fourth-order valence-corrected chi connectivity index (χ4v) is 3.44. The maximum atomic E-state index is 12.7. The van der Waals surface area contributed by atoms with Crippen molar-refractivity contribution < 1.29 is 8.42 Å². The minimum absolute atomic E-state index is 0.0133. The number of nitrogens with two attached hydrogens (primary N) is 1. The molecule has 0 radical (unpaired) electrons. The molecule has 2 N–H and O–H groups in total. The van der Waals surface area contributed by atoms with Gasteiger partial charge in [-0.05, 0) is 26.0 Å². The van der Waals surface area contributed by atoms with E-state index in [9.17, 15) is 8.42 Å². The SMILES string of the molecule is CCN(c1ccncc1)S(=O)(=O)c1cn(CC)nc1N. The third-order valence-electron chi connectivity index (χ3n) is 2.88. The van der Waals surface area contributed by atoms with Crippen molar-refractivity contribution in [3.8, 4) is 0 Å². The zero-order valence-electron chi connectivity index (χ0n) is 11.4. The molecule has 8 heteroatoms. The standard InChI is InChI=1S/C12H17N5O2S/c1-3-16-9-11(12(13)15-16)20(18,19)17(4-2)10-5-7-14-8-6-10/h5-9H,3-4H2,1-2H3,(H2,13,15). The molecule has 0 aliphatic heterocycles. The molecule has 0 amide bonds. The second-order valence-corrected chi connectivity index (χ2v) is 5.94. The summed E-state index contributed by atoms with van der Waals surface area (Å²) >= 11 is 0. The average molecular weight is 295 g/mol. The zero-order chi connectivity index (χ0) is 14.8. The zero-order valence-corrected chi connectivity index (χ0v) is 12.2. The number of aryl methyl sites for hydroxylation is 1. The lowest BCUT2D eigenvalue weighted by atomic mass is 10.4. The van der Waals surface area contributed by atoms with Gasteiger partial charge in [0.1, 0.15) is 4.90 Å². The summed E-state index contributed by atoms with van der Waals surface area (Å²) in [5.74, 6) is 0.0133. The number of nitrogens with zero attached hydrogens (tertiary/aromatic N) is 4. The van der Waals surface area contributed by atoms with E-state index in [0.29, 0.717) is 18.8 Å². The highest BCUT2D eigenvalue weighted by Crippen LogP contribution is 2.25. The summed E-state index contributed by atoms with van der Waals surface area (Å²) in [7, 11) is -3.73. The highest BCUT2D eigenvalue weighted by atomic mass is 32.2. The average Bonchev–Trinajstić information content (AvgIpc) is 2.82. The van der Waals surface area contributed by atoms with E-state index in [0.717, 1.165) is 0 Å². The summed E-state index contributed by atoms with van der Waals surface area (Å²) in [4.78, 5) is 3.92. The van der Waals surface area contributed by atoms with E-state index < -0.39 is 10.0 Å². The number of hydrogen-bond donors (Lipinski definition) is 1. The second kappa shape index (κ2) is 5.49. The van der Waals surface area contributed by atoms with Crippen LogP contribution < -0.4 is 10.0 Å². The second-order valence-electron chi connectivity index (χ2n) is 4.11. The molecular weight excluding hydrogens is 278 g/mol. The molecular formula is C12H17N5O2S. The highest BCUT2D eigenvalue weighted by Gasteiger charge is 2.28. The summed E-state index contributed by atoms with van der Waals surface area (Å²) in [6.07, 6.45) is 4.55. The summed E-state index contributed by atoms with van der Waals surface area (Å²) in [6.45, 7) is 4.48. The number of anilines is 2. The van der Waals surface area contributed by atoms with Crippen molar-refractivity contribution in [2.45, 2.75) is 25.3 Å². The minimum atomic E-state index is -3.73. The summed E-state index contributed by atoms with van der Waals surface area (Å²) in [5.41, 5.74) is 6.27. The van der Waals surface area contributed by atoms with E-state index in [1.807, 2.05) is 6.92 Å². The van der Waals surface area contributed by atoms with Crippen LogP contribution in [0.15, 0.2) is 35.6 Å². The summed E-state index contributed by atoms with van der Waals surface area (Å²) < 4.78 is 28.2. The van der Waals surface area contributed by atoms with Crippen molar-refractivity contribution in [1.29, 1.82) is 0 Å². The van der Waals surface area contributed by atoms with Gasteiger partial charge in [-0.2, -0.15) is 5.10 Å². The molecule has 108 valence electrons. The van der Waals surface area contributed by atoms with Gasteiger partial charge in [0, 0.05) is 31.7 Å². The first-order valence-corrected chi connectivity index (χ1v) is 7.70. The highest BCUT2D eigenvalue weighted by molar-refractivity contribution is 7.93. The molecule has 0 spiro atoms. The van der Waals surface area contributed by atoms with Crippen LogP contribution in [0.5, 0.6) is 0 Å². The van der Waals surface area contributed by atoms with E-state index in [4.69, 9.17) is 5.73 Å². The Balaban J connectivity index is 2.49. The van der Waals surface area contributed by atoms with E-state index in [1.165, 1.54) is 15.2 Å². The predicted octanol–water partition coefficient (Wildman–Crippen LogP) is 1.10. The Morgan fingerprint density at radius 3 is 2.45 bits per heavy atom. The van der Waals surface area contributed by atoms with Gasteiger partial charge in [0.25, 0.3) is 10.0 Å². The monoisotopic (exact) mass is 295 g/mol. The van der Waals surface area contributed by atoms with Crippen molar-refractivity contribution in [3.05, 3.63) is 30.7 Å². The Morgan fingerprint density at radius 2 is 1.95 bits per heavy atom. The molecule has 2 rings (SSSR count). The van der Waals surface area contributed by atoms with E-state index in [-0.39, 0.29) is 10.7 Å². The van der Waals surface area contributed by atoms with Gasteiger partial charge >= 0.3 is 0 Å². The number of aromatic nitrogens is 3. The Kier molecular flexibility index (Phi) is 3.93. The number of hydrogen-bond acceptors (Lipinski definition) is 5. The molecule has 2 aromatic rings. The maximum Gasteiger partial charge on any atom is 0.269 e. The minimum Gasteiger partial charge on any atom is -0.381 e. The molecule has 0 unspecified atom stereocenters. The molecule has 0 aromatic carbocycles. The summed E-state index contributed by atoms with van der Waals surface area (Å²) in [5, 5.41) is 3.98. The smallest absolute Gasteiger partial charge is 0.269 e.